The minimum Gasteiger partial charge on any atom is -0.394 e. The third-order valence-electron chi connectivity index (χ3n) is 8.09. The molecule has 1 unspecified atom stereocenters. The summed E-state index contributed by atoms with van der Waals surface area (Å²) in [5.41, 5.74) is -1.38. The molecule has 0 amide bonds. The Bertz CT molecular complexity index is 1110. The molecular formula is C27H40ClN3O11. The van der Waals surface area contributed by atoms with Crippen LogP contribution in [0.4, 0.5) is 0 Å². The quantitative estimate of drug-likeness (QED) is 0.138. The average molecular weight is 618 g/mol. The van der Waals surface area contributed by atoms with Crippen LogP contribution in [-0.2, 0) is 31.9 Å². The Morgan fingerprint density at radius 2 is 1.52 bits per heavy atom. The lowest BCUT2D eigenvalue weighted by atomic mass is 9.72. The zero-order valence-electron chi connectivity index (χ0n) is 23.4. The van der Waals surface area contributed by atoms with Crippen molar-refractivity contribution >= 4 is 11.6 Å². The predicted molar refractivity (Wildman–Crippen MR) is 145 cm³/mol. The number of ether oxygens (including phenoxy) is 4. The van der Waals surface area contributed by atoms with E-state index in [-0.39, 0.29) is 13.2 Å². The van der Waals surface area contributed by atoms with Crippen molar-refractivity contribution in [2.24, 2.45) is 5.41 Å². The molecule has 15 heteroatoms. The van der Waals surface area contributed by atoms with Gasteiger partial charge in [-0.05, 0) is 30.5 Å². The molecule has 2 saturated heterocycles. The van der Waals surface area contributed by atoms with Gasteiger partial charge >= 0.3 is 0 Å². The van der Waals surface area contributed by atoms with Gasteiger partial charge in [-0.3, -0.25) is 4.68 Å². The van der Waals surface area contributed by atoms with Crippen molar-refractivity contribution in [3.05, 3.63) is 47.5 Å². The van der Waals surface area contributed by atoms with Crippen LogP contribution in [0.3, 0.4) is 0 Å². The molecule has 1 aromatic carbocycles. The Balaban J connectivity index is 1.42. The van der Waals surface area contributed by atoms with Gasteiger partial charge in [0.05, 0.1) is 32.0 Å². The van der Waals surface area contributed by atoms with Crippen LogP contribution in [0.1, 0.15) is 25.8 Å². The van der Waals surface area contributed by atoms with Crippen LogP contribution in [0.2, 0.25) is 5.02 Å². The van der Waals surface area contributed by atoms with Gasteiger partial charge in [-0.25, -0.2) is 4.98 Å². The van der Waals surface area contributed by atoms with Crippen molar-refractivity contribution in [3.63, 3.8) is 0 Å². The standard InChI is InChI=1S/C27H40ClN3O11/c1-26(2,27(38,11-31-14-29-13-30-31)8-7-15-3-5-16(28)6-4-15)12-40-25-23(37)21(35)20(34)18(42-25)10-39-24-22(36)19(33)17(9-32)41-24/h3-6,13-14,17-25,32-38H,7-12H2,1-2H3/t17-,18-,19-,20-,21+,22-,23-,24-,25-,27?/m1/s1. The molecule has 236 valence electrons. The average Bonchev–Trinajstić information content (AvgIpc) is 3.57. The zero-order valence-corrected chi connectivity index (χ0v) is 24.1. The maximum Gasteiger partial charge on any atom is 0.186 e. The number of benzene rings is 1. The van der Waals surface area contributed by atoms with Crippen LogP contribution in [0, 0.1) is 5.41 Å². The van der Waals surface area contributed by atoms with E-state index in [1.807, 2.05) is 12.1 Å². The molecule has 4 rings (SSSR count). The van der Waals surface area contributed by atoms with Gasteiger partial charge < -0.3 is 54.7 Å². The minimum atomic E-state index is -1.66. The number of nitrogens with zero attached hydrogens (tertiary/aromatic N) is 3. The summed E-state index contributed by atoms with van der Waals surface area (Å²) in [6.07, 6.45) is -9.01. The van der Waals surface area contributed by atoms with E-state index in [1.165, 1.54) is 17.3 Å². The van der Waals surface area contributed by atoms with E-state index >= 15 is 0 Å². The van der Waals surface area contributed by atoms with Crippen LogP contribution in [0.5, 0.6) is 0 Å². The summed E-state index contributed by atoms with van der Waals surface area (Å²) < 4.78 is 23.9. The van der Waals surface area contributed by atoms with Gasteiger partial charge in [0.1, 0.15) is 55.4 Å². The third-order valence-corrected chi connectivity index (χ3v) is 8.34. The molecule has 0 saturated carbocycles. The Labute approximate surface area is 248 Å². The third kappa shape index (κ3) is 7.46. The van der Waals surface area contributed by atoms with Gasteiger partial charge in [0.15, 0.2) is 12.6 Å². The van der Waals surface area contributed by atoms with Crippen molar-refractivity contribution in [2.75, 3.05) is 19.8 Å². The Morgan fingerprint density at radius 1 is 0.905 bits per heavy atom. The first kappa shape index (κ1) is 33.1. The van der Waals surface area contributed by atoms with E-state index in [2.05, 4.69) is 10.1 Å². The highest BCUT2D eigenvalue weighted by molar-refractivity contribution is 6.30. The molecule has 2 aromatic rings. The van der Waals surface area contributed by atoms with Gasteiger partial charge in [-0.15, -0.1) is 0 Å². The molecular weight excluding hydrogens is 578 g/mol. The molecule has 2 aliphatic rings. The fourth-order valence-corrected chi connectivity index (χ4v) is 5.15. The van der Waals surface area contributed by atoms with E-state index in [9.17, 15) is 35.7 Å². The number of hydrogen-bond donors (Lipinski definition) is 7. The zero-order chi connectivity index (χ0) is 30.7. The number of aromatic nitrogens is 3. The van der Waals surface area contributed by atoms with Gasteiger partial charge in [0.25, 0.3) is 0 Å². The van der Waals surface area contributed by atoms with E-state index in [0.29, 0.717) is 17.9 Å². The van der Waals surface area contributed by atoms with Crippen molar-refractivity contribution in [2.45, 2.75) is 94.1 Å². The number of aliphatic hydroxyl groups excluding tert-OH is 6. The molecule has 1 aromatic heterocycles. The SMILES string of the molecule is CC(C)(CO[C@@H]1O[C@H](CO[C@@H]2O[C@H](CO)[C@@H](O)[C@H]2O)[C@@H](O)[C@H](O)[C@H]1O)C(O)(CCc1ccc(Cl)cc1)Cn1cncn1. The molecule has 0 spiro atoms. The topological polar surface area (TPSA) is 209 Å². The monoisotopic (exact) mass is 617 g/mol. The molecule has 2 fully saturated rings. The maximum absolute atomic E-state index is 12.0. The number of aliphatic hydroxyl groups is 7. The van der Waals surface area contributed by atoms with Crippen LogP contribution in [0.25, 0.3) is 0 Å². The molecule has 10 atom stereocenters. The van der Waals surface area contributed by atoms with Gasteiger partial charge in [-0.2, -0.15) is 5.10 Å². The normalized spacial score (nSPS) is 33.5. The van der Waals surface area contributed by atoms with Crippen molar-refractivity contribution in [1.82, 2.24) is 14.8 Å². The first-order chi connectivity index (χ1) is 19.8. The largest absolute Gasteiger partial charge is 0.394 e. The number of rotatable bonds is 13. The molecule has 42 heavy (non-hydrogen) atoms. The van der Waals surface area contributed by atoms with E-state index in [4.69, 9.17) is 30.5 Å². The number of halogens is 1. The second-order valence-corrected chi connectivity index (χ2v) is 11.9. The highest BCUT2D eigenvalue weighted by atomic mass is 35.5. The predicted octanol–water partition coefficient (Wildman–Crippen LogP) is -1.40. The molecule has 0 aliphatic carbocycles. The summed E-state index contributed by atoms with van der Waals surface area (Å²) in [5, 5.41) is 77.6. The molecule has 0 radical (unpaired) electrons. The lowest BCUT2D eigenvalue weighted by molar-refractivity contribution is -0.317. The summed E-state index contributed by atoms with van der Waals surface area (Å²) in [7, 11) is 0. The molecule has 2 aliphatic heterocycles. The molecule has 0 bridgehead atoms. The minimum absolute atomic E-state index is 0.0905. The number of hydrogen-bond acceptors (Lipinski definition) is 13. The lowest BCUT2D eigenvalue weighted by Crippen LogP contribution is -2.60. The Kier molecular flexibility index (Phi) is 10.9. The summed E-state index contributed by atoms with van der Waals surface area (Å²) in [4.78, 5) is 3.96. The first-order valence-corrected chi connectivity index (χ1v) is 14.1. The van der Waals surface area contributed by atoms with E-state index in [1.54, 1.807) is 26.0 Å². The van der Waals surface area contributed by atoms with E-state index < -0.39 is 79.5 Å². The van der Waals surface area contributed by atoms with Crippen LogP contribution in [0.15, 0.2) is 36.9 Å². The van der Waals surface area contributed by atoms with Crippen LogP contribution in [-0.4, -0.2) is 131 Å². The van der Waals surface area contributed by atoms with E-state index in [0.717, 1.165) is 5.56 Å². The highest BCUT2D eigenvalue weighted by Gasteiger charge is 2.49. The Morgan fingerprint density at radius 3 is 2.14 bits per heavy atom. The fourth-order valence-electron chi connectivity index (χ4n) is 5.03. The lowest BCUT2D eigenvalue weighted by Gasteiger charge is -2.45. The number of aryl methyl sites for hydroxylation is 1. The smallest absolute Gasteiger partial charge is 0.186 e. The van der Waals surface area contributed by atoms with Crippen LogP contribution < -0.4 is 0 Å². The van der Waals surface area contributed by atoms with Gasteiger partial charge in [0, 0.05) is 10.4 Å². The summed E-state index contributed by atoms with van der Waals surface area (Å²) in [5.74, 6) is 0. The molecule has 3 heterocycles. The maximum atomic E-state index is 12.0. The van der Waals surface area contributed by atoms with Crippen molar-refractivity contribution < 1.29 is 54.7 Å². The summed E-state index contributed by atoms with van der Waals surface area (Å²) in [6, 6.07) is 7.30. The van der Waals surface area contributed by atoms with Gasteiger partial charge in [-0.1, -0.05) is 37.6 Å². The van der Waals surface area contributed by atoms with Gasteiger partial charge in [0.2, 0.25) is 0 Å². The fraction of sp³-hybridized carbons (Fsp3) is 0.704. The van der Waals surface area contributed by atoms with Crippen molar-refractivity contribution in [1.29, 1.82) is 0 Å². The molecule has 7 N–H and O–H groups in total. The second-order valence-electron chi connectivity index (χ2n) is 11.5. The first-order valence-electron chi connectivity index (χ1n) is 13.7. The summed E-state index contributed by atoms with van der Waals surface area (Å²) in [6.45, 7) is 2.58. The Hall–Kier alpha value is -1.79. The second kappa shape index (κ2) is 13.9. The van der Waals surface area contributed by atoms with Crippen LogP contribution >= 0.6 is 11.6 Å². The summed E-state index contributed by atoms with van der Waals surface area (Å²) >= 11 is 6.01. The highest BCUT2D eigenvalue weighted by Crippen LogP contribution is 2.38. The molecule has 14 nitrogen and oxygen atoms in total. The van der Waals surface area contributed by atoms with Crippen molar-refractivity contribution in [3.8, 4) is 0 Å².